The first-order valence-electron chi connectivity index (χ1n) is 6.25. The number of nitro groups is 1. The Bertz CT molecular complexity index is 748. The molecule has 2 rings (SSSR count). The lowest BCUT2D eigenvalue weighted by Crippen LogP contribution is -2.32. The molecule has 0 fully saturated rings. The molecule has 0 aliphatic rings. The molecule has 1 heterocycles. The van der Waals surface area contributed by atoms with Crippen LogP contribution in [0.2, 0.25) is 0 Å². The van der Waals surface area contributed by atoms with E-state index in [1.807, 2.05) is 0 Å². The van der Waals surface area contributed by atoms with Crippen LogP contribution in [0.15, 0.2) is 18.7 Å². The average molecular weight is 289 g/mol. The number of aromatic amines is 1. The number of hydrogen-bond donors (Lipinski definition) is 3. The van der Waals surface area contributed by atoms with Crippen LogP contribution in [0.25, 0.3) is 17.0 Å². The van der Waals surface area contributed by atoms with Crippen LogP contribution in [0, 0.1) is 17.0 Å². The summed E-state index contributed by atoms with van der Waals surface area (Å²) in [6.07, 6.45) is 1.54. The smallest absolute Gasteiger partial charge is 0.320 e. The lowest BCUT2D eigenvalue weighted by Gasteiger charge is -2.07. The third kappa shape index (κ3) is 2.63. The number of non-ortho nitro benzene ring substituents is 1. The fourth-order valence-corrected chi connectivity index (χ4v) is 2.35. The molecule has 0 saturated heterocycles. The zero-order valence-electron chi connectivity index (χ0n) is 11.4. The monoisotopic (exact) mass is 289 g/mol. The van der Waals surface area contributed by atoms with Crippen LogP contribution in [-0.2, 0) is 11.2 Å². The summed E-state index contributed by atoms with van der Waals surface area (Å²) in [5, 5.41) is 20.6. The number of benzene rings is 1. The van der Waals surface area contributed by atoms with Gasteiger partial charge in [0.15, 0.2) is 0 Å². The highest BCUT2D eigenvalue weighted by atomic mass is 16.6. The number of aliphatic carboxylic acids is 1. The number of nitrogens with zero attached hydrogens (tertiary/aromatic N) is 1. The van der Waals surface area contributed by atoms with Gasteiger partial charge in [-0.05, 0) is 24.1 Å². The summed E-state index contributed by atoms with van der Waals surface area (Å²) < 4.78 is 0. The van der Waals surface area contributed by atoms with Crippen molar-refractivity contribution in [3.05, 3.63) is 45.6 Å². The van der Waals surface area contributed by atoms with Gasteiger partial charge in [-0.2, -0.15) is 0 Å². The Morgan fingerprint density at radius 1 is 1.62 bits per heavy atom. The minimum Gasteiger partial charge on any atom is -0.480 e. The maximum atomic E-state index is 11.3. The molecule has 1 aromatic heterocycles. The molecule has 2 aromatic rings. The van der Waals surface area contributed by atoms with Gasteiger partial charge in [-0.25, -0.2) is 0 Å². The second-order valence-electron chi connectivity index (χ2n) is 4.80. The Hall–Kier alpha value is -2.67. The first kappa shape index (κ1) is 14.7. The number of nitrogens with one attached hydrogen (secondary N) is 1. The van der Waals surface area contributed by atoms with Gasteiger partial charge < -0.3 is 15.8 Å². The van der Waals surface area contributed by atoms with Crippen LogP contribution in [0.3, 0.4) is 0 Å². The molecule has 0 aliphatic carbocycles. The van der Waals surface area contributed by atoms with Crippen molar-refractivity contribution in [2.45, 2.75) is 19.4 Å². The SMILES string of the molecule is C=Cc1cc([N+](=O)[O-])c2c(CC(N)C(=O)O)c(C)[nH]c2c1. The molecule has 0 bridgehead atoms. The van der Waals surface area contributed by atoms with Gasteiger partial charge in [-0.1, -0.05) is 12.7 Å². The number of fused-ring (bicyclic) bond motifs is 1. The van der Waals surface area contributed by atoms with Gasteiger partial charge in [0.05, 0.1) is 15.8 Å². The number of carbonyl (C=O) groups is 1. The minimum atomic E-state index is -1.14. The van der Waals surface area contributed by atoms with E-state index < -0.39 is 16.9 Å². The number of carboxylic acid groups (broad SMARTS) is 1. The van der Waals surface area contributed by atoms with Crippen LogP contribution in [-0.4, -0.2) is 27.0 Å². The fourth-order valence-electron chi connectivity index (χ4n) is 2.35. The second-order valence-corrected chi connectivity index (χ2v) is 4.80. The van der Waals surface area contributed by atoms with Crippen LogP contribution < -0.4 is 5.73 Å². The Morgan fingerprint density at radius 2 is 2.29 bits per heavy atom. The Morgan fingerprint density at radius 3 is 2.81 bits per heavy atom. The average Bonchev–Trinajstić information content (AvgIpc) is 2.73. The number of rotatable bonds is 5. The molecule has 1 atom stereocenters. The maximum Gasteiger partial charge on any atom is 0.320 e. The van der Waals surface area contributed by atoms with Gasteiger partial charge in [-0.15, -0.1) is 0 Å². The highest BCUT2D eigenvalue weighted by Crippen LogP contribution is 2.33. The molecule has 4 N–H and O–H groups in total. The van der Waals surface area contributed by atoms with Crippen molar-refractivity contribution in [2.75, 3.05) is 0 Å². The minimum absolute atomic E-state index is 0.0233. The van der Waals surface area contributed by atoms with Gasteiger partial charge >= 0.3 is 5.97 Å². The molecule has 21 heavy (non-hydrogen) atoms. The van der Waals surface area contributed by atoms with Gasteiger partial charge in [0.1, 0.15) is 6.04 Å². The zero-order valence-corrected chi connectivity index (χ0v) is 11.4. The number of nitrogens with two attached hydrogens (primary N) is 1. The summed E-state index contributed by atoms with van der Waals surface area (Å²) in [6.45, 7) is 5.34. The van der Waals surface area contributed by atoms with E-state index in [0.29, 0.717) is 27.7 Å². The molecule has 1 unspecified atom stereocenters. The van der Waals surface area contributed by atoms with E-state index in [-0.39, 0.29) is 12.1 Å². The van der Waals surface area contributed by atoms with Crippen LogP contribution in [0.1, 0.15) is 16.8 Å². The number of H-pyrrole nitrogens is 1. The number of carboxylic acids is 1. The topological polar surface area (TPSA) is 122 Å². The van der Waals surface area contributed by atoms with Crippen LogP contribution >= 0.6 is 0 Å². The van der Waals surface area contributed by atoms with Gasteiger partial charge in [0, 0.05) is 18.2 Å². The standard InChI is InChI=1S/C14H15N3O4/c1-3-8-4-11-13(12(5-8)17(20)21)9(7(2)16-11)6-10(15)14(18)19/h3-5,10,16H,1,6,15H2,2H3,(H,18,19). The molecular formula is C14H15N3O4. The third-order valence-electron chi connectivity index (χ3n) is 3.39. The lowest BCUT2D eigenvalue weighted by molar-refractivity contribution is -0.383. The highest BCUT2D eigenvalue weighted by molar-refractivity contribution is 5.95. The van der Waals surface area contributed by atoms with E-state index >= 15 is 0 Å². The summed E-state index contributed by atoms with van der Waals surface area (Å²) in [4.78, 5) is 24.7. The Labute approximate surface area is 120 Å². The molecule has 1 aromatic carbocycles. The number of nitro benzene ring substituents is 1. The normalized spacial score (nSPS) is 12.3. The summed E-state index contributed by atoms with van der Waals surface area (Å²) in [5.74, 6) is -1.14. The Balaban J connectivity index is 2.71. The summed E-state index contributed by atoms with van der Waals surface area (Å²) >= 11 is 0. The summed E-state index contributed by atoms with van der Waals surface area (Å²) in [5.41, 5.74) is 7.88. The number of aryl methyl sites for hydroxylation is 1. The van der Waals surface area contributed by atoms with Gasteiger partial charge in [0.2, 0.25) is 0 Å². The fraction of sp³-hybridized carbons (Fsp3) is 0.214. The van der Waals surface area contributed by atoms with E-state index in [2.05, 4.69) is 11.6 Å². The molecule has 0 saturated carbocycles. The largest absolute Gasteiger partial charge is 0.480 e. The quantitative estimate of drug-likeness (QED) is 0.573. The predicted molar refractivity (Wildman–Crippen MR) is 79.1 cm³/mol. The van der Waals surface area contributed by atoms with Crippen molar-refractivity contribution in [1.82, 2.24) is 4.98 Å². The van der Waals surface area contributed by atoms with E-state index in [1.54, 1.807) is 13.0 Å². The zero-order chi connectivity index (χ0) is 15.7. The molecule has 110 valence electrons. The van der Waals surface area contributed by atoms with Crippen LogP contribution in [0.5, 0.6) is 0 Å². The van der Waals surface area contributed by atoms with Gasteiger partial charge in [-0.3, -0.25) is 14.9 Å². The summed E-state index contributed by atoms with van der Waals surface area (Å²) in [7, 11) is 0. The van der Waals surface area contributed by atoms with E-state index in [9.17, 15) is 14.9 Å². The third-order valence-corrected chi connectivity index (χ3v) is 3.39. The van der Waals surface area contributed by atoms with Gasteiger partial charge in [0.25, 0.3) is 5.69 Å². The Kier molecular flexibility index (Phi) is 3.77. The maximum absolute atomic E-state index is 11.3. The predicted octanol–water partition coefficient (Wildman–Crippen LogP) is 1.98. The van der Waals surface area contributed by atoms with Crippen LogP contribution in [0.4, 0.5) is 5.69 Å². The highest BCUT2D eigenvalue weighted by Gasteiger charge is 2.23. The van der Waals surface area contributed by atoms with E-state index in [1.165, 1.54) is 12.1 Å². The number of hydrogen-bond acceptors (Lipinski definition) is 4. The molecule has 0 spiro atoms. The van der Waals surface area contributed by atoms with Crippen molar-refractivity contribution in [3.63, 3.8) is 0 Å². The first-order valence-corrected chi connectivity index (χ1v) is 6.25. The number of aromatic nitrogens is 1. The van der Waals surface area contributed by atoms with E-state index in [0.717, 1.165) is 0 Å². The van der Waals surface area contributed by atoms with Crippen molar-refractivity contribution < 1.29 is 14.8 Å². The first-order chi connectivity index (χ1) is 9.85. The van der Waals surface area contributed by atoms with Crippen molar-refractivity contribution >= 4 is 28.6 Å². The molecular weight excluding hydrogens is 274 g/mol. The molecule has 7 nitrogen and oxygen atoms in total. The summed E-state index contributed by atoms with van der Waals surface area (Å²) in [6, 6.07) is 2.04. The van der Waals surface area contributed by atoms with Crippen molar-refractivity contribution in [2.24, 2.45) is 5.73 Å². The lowest BCUT2D eigenvalue weighted by atomic mass is 10.0. The molecule has 0 amide bonds. The van der Waals surface area contributed by atoms with Crippen molar-refractivity contribution in [3.8, 4) is 0 Å². The molecule has 0 radical (unpaired) electrons. The second kappa shape index (κ2) is 5.37. The van der Waals surface area contributed by atoms with E-state index in [4.69, 9.17) is 10.8 Å². The molecule has 7 heteroatoms. The molecule has 0 aliphatic heterocycles. The van der Waals surface area contributed by atoms with Crippen molar-refractivity contribution in [1.29, 1.82) is 0 Å².